The van der Waals surface area contributed by atoms with Crippen molar-refractivity contribution in [1.82, 2.24) is 29.7 Å². The highest BCUT2D eigenvalue weighted by molar-refractivity contribution is 6.34. The lowest BCUT2D eigenvalue weighted by Gasteiger charge is -2.11. The molecule has 0 aliphatic rings. The van der Waals surface area contributed by atoms with Gasteiger partial charge in [-0.15, -0.1) is 0 Å². The number of nitrogens with zero attached hydrogens (tertiary/aromatic N) is 6. The van der Waals surface area contributed by atoms with Crippen molar-refractivity contribution in [2.45, 2.75) is 32.7 Å². The van der Waals surface area contributed by atoms with Crippen molar-refractivity contribution in [3.05, 3.63) is 53.3 Å². The van der Waals surface area contributed by atoms with Crippen LogP contribution >= 0.6 is 11.6 Å². The summed E-state index contributed by atoms with van der Waals surface area (Å²) in [5.74, 6) is 1.43. The second-order valence-electron chi connectivity index (χ2n) is 6.47. The van der Waals surface area contributed by atoms with Crippen LogP contribution in [0, 0.1) is 0 Å². The summed E-state index contributed by atoms with van der Waals surface area (Å²) in [5.41, 5.74) is 2.39. The summed E-state index contributed by atoms with van der Waals surface area (Å²) in [6, 6.07) is 5.77. The minimum atomic E-state index is -0.243. The molecular weight excluding hydrogens is 366 g/mol. The number of benzene rings is 1. The standard InChI is InChI=1S/C18H18ClN7O/c1-10(2)12-7-13(19)15-14(8-12)25-18(27-15)24-11(3)16-22-9-23-26(16)17-20-5-4-6-21-17/h4-11H,1-3H3,(H,24,25)/t11-/m0/s1. The predicted octanol–water partition coefficient (Wildman–Crippen LogP) is 4.15. The van der Waals surface area contributed by atoms with Gasteiger partial charge in [0, 0.05) is 12.4 Å². The topological polar surface area (TPSA) is 94.6 Å². The summed E-state index contributed by atoms with van der Waals surface area (Å²) in [4.78, 5) is 17.2. The van der Waals surface area contributed by atoms with E-state index in [1.54, 1.807) is 23.1 Å². The van der Waals surface area contributed by atoms with Gasteiger partial charge in [-0.1, -0.05) is 25.4 Å². The number of aromatic nitrogens is 6. The van der Waals surface area contributed by atoms with Crippen LogP contribution in [0.25, 0.3) is 17.0 Å². The quantitative estimate of drug-likeness (QED) is 0.553. The van der Waals surface area contributed by atoms with Gasteiger partial charge in [0.2, 0.25) is 0 Å². The van der Waals surface area contributed by atoms with Crippen molar-refractivity contribution in [3.63, 3.8) is 0 Å². The second kappa shape index (κ2) is 6.96. The van der Waals surface area contributed by atoms with Crippen molar-refractivity contribution in [1.29, 1.82) is 0 Å². The first kappa shape index (κ1) is 17.4. The van der Waals surface area contributed by atoms with E-state index in [0.717, 1.165) is 5.56 Å². The van der Waals surface area contributed by atoms with Gasteiger partial charge in [-0.3, -0.25) is 0 Å². The van der Waals surface area contributed by atoms with Crippen LogP contribution in [-0.2, 0) is 0 Å². The zero-order valence-electron chi connectivity index (χ0n) is 15.1. The van der Waals surface area contributed by atoms with E-state index in [2.05, 4.69) is 44.2 Å². The fraction of sp³-hybridized carbons (Fsp3) is 0.278. The van der Waals surface area contributed by atoms with Crippen LogP contribution in [0.1, 0.15) is 44.1 Å². The van der Waals surface area contributed by atoms with Gasteiger partial charge < -0.3 is 9.73 Å². The van der Waals surface area contributed by atoms with Gasteiger partial charge in [-0.05, 0) is 36.6 Å². The van der Waals surface area contributed by atoms with E-state index in [0.29, 0.717) is 39.8 Å². The van der Waals surface area contributed by atoms with Crippen molar-refractivity contribution < 1.29 is 4.42 Å². The van der Waals surface area contributed by atoms with E-state index in [1.165, 1.54) is 6.33 Å². The lowest BCUT2D eigenvalue weighted by atomic mass is 10.0. The van der Waals surface area contributed by atoms with Crippen molar-refractivity contribution in [2.75, 3.05) is 5.32 Å². The van der Waals surface area contributed by atoms with Crippen molar-refractivity contribution >= 4 is 28.7 Å². The Bertz CT molecular complexity index is 1070. The zero-order chi connectivity index (χ0) is 19.0. The van der Waals surface area contributed by atoms with Gasteiger partial charge in [-0.25, -0.2) is 15.0 Å². The van der Waals surface area contributed by atoms with Gasteiger partial charge >= 0.3 is 0 Å². The molecule has 1 aromatic carbocycles. The van der Waals surface area contributed by atoms with Crippen molar-refractivity contribution in [2.24, 2.45) is 0 Å². The maximum atomic E-state index is 6.36. The highest BCUT2D eigenvalue weighted by atomic mass is 35.5. The largest absolute Gasteiger partial charge is 0.422 e. The van der Waals surface area contributed by atoms with E-state index in [4.69, 9.17) is 16.0 Å². The number of oxazole rings is 1. The highest BCUT2D eigenvalue weighted by Crippen LogP contribution is 2.31. The molecule has 0 aliphatic heterocycles. The van der Waals surface area contributed by atoms with E-state index in [9.17, 15) is 0 Å². The molecule has 1 atom stereocenters. The molecule has 0 radical (unpaired) electrons. The fourth-order valence-electron chi connectivity index (χ4n) is 2.76. The smallest absolute Gasteiger partial charge is 0.296 e. The summed E-state index contributed by atoms with van der Waals surface area (Å²) in [5, 5.41) is 7.96. The van der Waals surface area contributed by atoms with E-state index in [1.807, 2.05) is 19.1 Å². The molecule has 9 heteroatoms. The highest BCUT2D eigenvalue weighted by Gasteiger charge is 2.19. The molecule has 3 heterocycles. The molecule has 0 bridgehead atoms. The number of rotatable bonds is 5. The molecule has 0 saturated heterocycles. The molecule has 4 aromatic rings. The molecular formula is C18H18ClN7O. The summed E-state index contributed by atoms with van der Waals surface area (Å²) in [6.07, 6.45) is 4.77. The SMILES string of the molecule is CC(C)c1cc(Cl)c2oc(N[C@@H](C)c3ncnn3-c3ncccn3)nc2c1. The summed E-state index contributed by atoms with van der Waals surface area (Å²) >= 11 is 6.36. The summed E-state index contributed by atoms with van der Waals surface area (Å²) < 4.78 is 7.38. The number of halogens is 1. The molecule has 0 unspecified atom stereocenters. The molecule has 0 aliphatic carbocycles. The Hall–Kier alpha value is -3.00. The minimum absolute atomic E-state index is 0.243. The van der Waals surface area contributed by atoms with Gasteiger partial charge in [0.1, 0.15) is 11.8 Å². The molecule has 27 heavy (non-hydrogen) atoms. The summed E-state index contributed by atoms with van der Waals surface area (Å²) in [6.45, 7) is 6.15. The van der Waals surface area contributed by atoms with Crippen molar-refractivity contribution in [3.8, 4) is 5.95 Å². The van der Waals surface area contributed by atoms with Crippen LogP contribution in [0.3, 0.4) is 0 Å². The number of fused-ring (bicyclic) bond motifs is 1. The van der Waals surface area contributed by atoms with Crippen LogP contribution in [0.15, 0.2) is 41.3 Å². The first-order chi connectivity index (χ1) is 13.0. The fourth-order valence-corrected chi connectivity index (χ4v) is 3.02. The third kappa shape index (κ3) is 3.35. The molecule has 8 nitrogen and oxygen atoms in total. The predicted molar refractivity (Wildman–Crippen MR) is 102 cm³/mol. The van der Waals surface area contributed by atoms with E-state index in [-0.39, 0.29) is 6.04 Å². The normalized spacial score (nSPS) is 12.6. The molecule has 0 amide bonds. The molecule has 4 rings (SSSR count). The Morgan fingerprint density at radius 1 is 1.11 bits per heavy atom. The molecule has 138 valence electrons. The third-order valence-corrected chi connectivity index (χ3v) is 4.46. The molecule has 0 saturated carbocycles. The van der Waals surface area contributed by atoms with Gasteiger partial charge in [0.25, 0.3) is 12.0 Å². The maximum Gasteiger partial charge on any atom is 0.296 e. The molecule has 1 N–H and O–H groups in total. The monoisotopic (exact) mass is 383 g/mol. The van der Waals surface area contributed by atoms with Crippen LogP contribution in [0.2, 0.25) is 5.02 Å². The lowest BCUT2D eigenvalue weighted by Crippen LogP contribution is -2.15. The van der Waals surface area contributed by atoms with Crippen LogP contribution in [-0.4, -0.2) is 29.7 Å². The number of nitrogens with one attached hydrogen (secondary N) is 1. The Labute approximate surface area is 160 Å². The van der Waals surface area contributed by atoms with E-state index < -0.39 is 0 Å². The molecule has 3 aromatic heterocycles. The Morgan fingerprint density at radius 3 is 2.63 bits per heavy atom. The summed E-state index contributed by atoms with van der Waals surface area (Å²) in [7, 11) is 0. The van der Waals surface area contributed by atoms with E-state index >= 15 is 0 Å². The van der Waals surface area contributed by atoms with Gasteiger partial charge in [-0.2, -0.15) is 14.8 Å². The van der Waals surface area contributed by atoms with Crippen LogP contribution < -0.4 is 5.32 Å². The van der Waals surface area contributed by atoms with Gasteiger partial charge in [0.05, 0.1) is 11.1 Å². The number of hydrogen-bond acceptors (Lipinski definition) is 7. The van der Waals surface area contributed by atoms with Crippen LogP contribution in [0.5, 0.6) is 0 Å². The maximum absolute atomic E-state index is 6.36. The molecule has 0 spiro atoms. The lowest BCUT2D eigenvalue weighted by molar-refractivity contribution is 0.593. The molecule has 0 fully saturated rings. The number of anilines is 1. The zero-order valence-corrected chi connectivity index (χ0v) is 15.8. The second-order valence-corrected chi connectivity index (χ2v) is 6.88. The number of hydrogen-bond donors (Lipinski definition) is 1. The first-order valence-electron chi connectivity index (χ1n) is 8.56. The average Bonchev–Trinajstić information content (AvgIpc) is 3.29. The Morgan fingerprint density at radius 2 is 1.89 bits per heavy atom. The van der Waals surface area contributed by atoms with Gasteiger partial charge in [0.15, 0.2) is 11.4 Å². The average molecular weight is 384 g/mol. The Balaban J connectivity index is 1.63. The van der Waals surface area contributed by atoms with Crippen LogP contribution in [0.4, 0.5) is 6.01 Å². The first-order valence-corrected chi connectivity index (χ1v) is 8.94. The Kier molecular flexibility index (Phi) is 4.49. The minimum Gasteiger partial charge on any atom is -0.422 e. The third-order valence-electron chi connectivity index (χ3n) is 4.18.